The standard InChI is InChI=1S/C5H12N2.HNO3/c1-2-3-4-5(6)7;2-1(3)4/h2-4H2,1H3,(H3,6,7);(H,2,3,4)/p+1. The number of hydrogen-bond acceptors (Lipinski definition) is 2. The maximum atomic E-state index is 8.36. The first-order valence-electron chi connectivity index (χ1n) is 3.20. The Labute approximate surface area is 64.6 Å². The summed E-state index contributed by atoms with van der Waals surface area (Å²) in [6.45, 7) is 2.11. The number of rotatable bonds is 3. The van der Waals surface area contributed by atoms with Gasteiger partial charge in [0.15, 0.2) is 0 Å². The molecule has 0 fully saturated rings. The molecule has 5 N–H and O–H groups in total. The van der Waals surface area contributed by atoms with Gasteiger partial charge in [0.05, 0.1) is 0 Å². The van der Waals surface area contributed by atoms with Crippen molar-refractivity contribution in [3.63, 3.8) is 0 Å². The highest BCUT2D eigenvalue weighted by atomic mass is 16.9. The maximum absolute atomic E-state index is 8.36. The van der Waals surface area contributed by atoms with E-state index < -0.39 is 5.09 Å². The molecule has 0 aliphatic heterocycles. The second kappa shape index (κ2) is 8.67. The van der Waals surface area contributed by atoms with Crippen LogP contribution in [0.2, 0.25) is 0 Å². The number of unbranched alkanes of at least 4 members (excludes halogenated alkanes) is 1. The van der Waals surface area contributed by atoms with Crippen LogP contribution in [0, 0.1) is 10.1 Å². The van der Waals surface area contributed by atoms with E-state index in [2.05, 4.69) is 6.92 Å². The van der Waals surface area contributed by atoms with Crippen LogP contribution in [0.4, 0.5) is 0 Å². The van der Waals surface area contributed by atoms with Gasteiger partial charge in [-0.1, -0.05) is 13.3 Å². The molecular formula is C5H14N3O3+. The van der Waals surface area contributed by atoms with Gasteiger partial charge in [0.25, 0.3) is 5.09 Å². The third kappa shape index (κ3) is 54.1. The van der Waals surface area contributed by atoms with Gasteiger partial charge in [-0.25, -0.2) is 0 Å². The lowest BCUT2D eigenvalue weighted by Crippen LogP contribution is -2.45. The van der Waals surface area contributed by atoms with Crippen molar-refractivity contribution in [3.05, 3.63) is 10.1 Å². The summed E-state index contributed by atoms with van der Waals surface area (Å²) in [6, 6.07) is 0. The van der Waals surface area contributed by atoms with Gasteiger partial charge in [-0.2, -0.15) is 0 Å². The number of nitrogens with zero attached hydrogens (tertiary/aromatic N) is 1. The zero-order valence-electron chi connectivity index (χ0n) is 6.49. The Morgan fingerprint density at radius 2 is 2.18 bits per heavy atom. The SMILES string of the molecule is CCCCC(N)=[NH2+].O=[N+]([O-])O. The summed E-state index contributed by atoms with van der Waals surface area (Å²) < 4.78 is 0. The summed E-state index contributed by atoms with van der Waals surface area (Å²) in [5.74, 6) is 0.557. The Morgan fingerprint density at radius 3 is 2.27 bits per heavy atom. The molecule has 0 radical (unpaired) electrons. The smallest absolute Gasteiger partial charge is 0.291 e. The van der Waals surface area contributed by atoms with E-state index in [1.54, 1.807) is 0 Å². The highest BCUT2D eigenvalue weighted by Gasteiger charge is 1.89. The number of nitrogens with two attached hydrogens (primary N) is 2. The molecule has 0 spiro atoms. The summed E-state index contributed by atoms with van der Waals surface area (Å²) in [4.78, 5) is 8.36. The van der Waals surface area contributed by atoms with Crippen LogP contribution in [0.3, 0.4) is 0 Å². The highest BCUT2D eigenvalue weighted by molar-refractivity contribution is 5.73. The van der Waals surface area contributed by atoms with Crippen LogP contribution in [0.1, 0.15) is 26.2 Å². The van der Waals surface area contributed by atoms with E-state index in [4.69, 9.17) is 26.5 Å². The minimum absolute atomic E-state index is 0.557. The molecule has 6 heteroatoms. The van der Waals surface area contributed by atoms with Gasteiger partial charge < -0.3 is 5.21 Å². The first-order valence-corrected chi connectivity index (χ1v) is 3.20. The molecule has 0 aromatic carbocycles. The molecule has 0 atom stereocenters. The first kappa shape index (κ1) is 12.4. The second-order valence-electron chi connectivity index (χ2n) is 1.92. The van der Waals surface area contributed by atoms with Crippen molar-refractivity contribution in [1.29, 1.82) is 0 Å². The van der Waals surface area contributed by atoms with E-state index in [0.29, 0.717) is 5.84 Å². The van der Waals surface area contributed by atoms with Crippen LogP contribution in [0.5, 0.6) is 0 Å². The molecule has 0 rings (SSSR count). The third-order valence-corrected chi connectivity index (χ3v) is 0.819. The van der Waals surface area contributed by atoms with Gasteiger partial charge in [0.1, 0.15) is 0 Å². The van der Waals surface area contributed by atoms with Crippen LogP contribution in [-0.4, -0.2) is 16.1 Å². The molecule has 0 amide bonds. The van der Waals surface area contributed by atoms with Gasteiger partial charge in [0.2, 0.25) is 5.84 Å². The molecule has 66 valence electrons. The predicted molar refractivity (Wildman–Crippen MR) is 39.4 cm³/mol. The van der Waals surface area contributed by atoms with Crippen molar-refractivity contribution in [1.82, 2.24) is 0 Å². The monoisotopic (exact) mass is 164 g/mol. The fraction of sp³-hybridized carbons (Fsp3) is 0.800. The van der Waals surface area contributed by atoms with Crippen LogP contribution < -0.4 is 11.1 Å². The molecule has 0 aromatic rings. The lowest BCUT2D eigenvalue weighted by molar-refractivity contribution is -0.742. The van der Waals surface area contributed by atoms with E-state index in [0.717, 1.165) is 19.3 Å². The Morgan fingerprint density at radius 1 is 1.82 bits per heavy atom. The van der Waals surface area contributed by atoms with Crippen LogP contribution in [0.15, 0.2) is 0 Å². The fourth-order valence-electron chi connectivity index (χ4n) is 0.381. The Balaban J connectivity index is 0. The van der Waals surface area contributed by atoms with Gasteiger partial charge in [0, 0.05) is 6.42 Å². The second-order valence-corrected chi connectivity index (χ2v) is 1.92. The molecule has 0 heterocycles. The van der Waals surface area contributed by atoms with Crippen molar-refractivity contribution in [3.8, 4) is 0 Å². The van der Waals surface area contributed by atoms with Gasteiger partial charge in [-0.05, 0) is 6.42 Å². The number of amidine groups is 1. The zero-order valence-corrected chi connectivity index (χ0v) is 6.49. The van der Waals surface area contributed by atoms with E-state index in [1.165, 1.54) is 0 Å². The molecule has 0 aromatic heterocycles. The van der Waals surface area contributed by atoms with E-state index in [9.17, 15) is 0 Å². The zero-order chi connectivity index (χ0) is 9.28. The summed E-state index contributed by atoms with van der Waals surface area (Å²) in [5, 5.41) is 18.8. The average Bonchev–Trinajstić information content (AvgIpc) is 1.82. The Kier molecular flexibility index (Phi) is 9.74. The van der Waals surface area contributed by atoms with Crippen LogP contribution in [0.25, 0.3) is 0 Å². The van der Waals surface area contributed by atoms with Gasteiger partial charge in [-0.3, -0.25) is 11.1 Å². The minimum Gasteiger partial charge on any atom is -0.328 e. The Bertz CT molecular complexity index is 122. The van der Waals surface area contributed by atoms with E-state index in [1.807, 2.05) is 0 Å². The minimum atomic E-state index is -1.50. The van der Waals surface area contributed by atoms with Crippen molar-refractivity contribution in [2.45, 2.75) is 26.2 Å². The van der Waals surface area contributed by atoms with Crippen molar-refractivity contribution in [2.24, 2.45) is 5.73 Å². The normalized spacial score (nSPS) is 7.73. The van der Waals surface area contributed by atoms with Gasteiger partial charge in [-0.15, -0.1) is 10.1 Å². The summed E-state index contributed by atoms with van der Waals surface area (Å²) in [5.41, 5.74) is 5.17. The summed E-state index contributed by atoms with van der Waals surface area (Å²) in [7, 11) is 0. The molecule has 0 saturated carbocycles. The van der Waals surface area contributed by atoms with Crippen molar-refractivity contribution in [2.75, 3.05) is 0 Å². The summed E-state index contributed by atoms with van der Waals surface area (Å²) >= 11 is 0. The maximum Gasteiger partial charge on any atom is 0.291 e. The van der Waals surface area contributed by atoms with Crippen molar-refractivity contribution >= 4 is 5.84 Å². The summed E-state index contributed by atoms with van der Waals surface area (Å²) in [6.07, 6.45) is 3.15. The largest absolute Gasteiger partial charge is 0.328 e. The topological polar surface area (TPSA) is 115 Å². The lowest BCUT2D eigenvalue weighted by Gasteiger charge is -1.85. The lowest BCUT2D eigenvalue weighted by atomic mass is 10.2. The van der Waals surface area contributed by atoms with Crippen LogP contribution in [-0.2, 0) is 0 Å². The molecule has 0 bridgehead atoms. The average molecular weight is 164 g/mol. The van der Waals surface area contributed by atoms with Gasteiger partial charge >= 0.3 is 0 Å². The van der Waals surface area contributed by atoms with E-state index >= 15 is 0 Å². The predicted octanol–water partition coefficient (Wildman–Crippen LogP) is -1.05. The molecule has 0 saturated heterocycles. The fourth-order valence-corrected chi connectivity index (χ4v) is 0.381. The number of hydrogen-bond donors (Lipinski definition) is 3. The molecule has 11 heavy (non-hydrogen) atoms. The van der Waals surface area contributed by atoms with E-state index in [-0.39, 0.29) is 0 Å². The molecule has 0 aliphatic carbocycles. The first-order chi connectivity index (χ1) is 5.00. The molecule has 0 aliphatic rings. The quantitative estimate of drug-likeness (QED) is 0.213. The third-order valence-electron chi connectivity index (χ3n) is 0.819. The Hall–Kier alpha value is -1.33. The molecular weight excluding hydrogens is 150 g/mol. The van der Waals surface area contributed by atoms with Crippen molar-refractivity contribution < 1.29 is 15.7 Å². The molecule has 6 nitrogen and oxygen atoms in total. The highest BCUT2D eigenvalue weighted by Crippen LogP contribution is 1.88. The van der Waals surface area contributed by atoms with Crippen LogP contribution >= 0.6 is 0 Å². The molecule has 0 unspecified atom stereocenters.